The maximum Gasteiger partial charge on any atom is 0.302 e. The van der Waals surface area contributed by atoms with E-state index in [1.807, 2.05) is 0 Å². The average molecular weight is 438 g/mol. The van der Waals surface area contributed by atoms with Crippen LogP contribution in [0.1, 0.15) is 58.5 Å². The number of fused-ring (bicyclic) bond motifs is 2. The van der Waals surface area contributed by atoms with Gasteiger partial charge in [-0.05, 0) is 25.0 Å². The van der Waals surface area contributed by atoms with Gasteiger partial charge in [-0.25, -0.2) is 0 Å². The monoisotopic (exact) mass is 438 g/mol. The second-order valence-corrected chi connectivity index (χ2v) is 7.36. The highest BCUT2D eigenvalue weighted by Crippen LogP contribution is 2.35. The van der Waals surface area contributed by atoms with Crippen LogP contribution >= 0.6 is 0 Å². The number of carbonyl (C=O) groups excluding carboxylic acids is 4. The second kappa shape index (κ2) is 10.6. The van der Waals surface area contributed by atoms with Crippen molar-refractivity contribution in [3.05, 3.63) is 58.7 Å². The fourth-order valence-electron chi connectivity index (χ4n) is 3.56. The minimum Gasteiger partial charge on any atom is -0.466 e. The van der Waals surface area contributed by atoms with Gasteiger partial charge in [-0.15, -0.1) is 0 Å². The molecule has 0 amide bonds. The summed E-state index contributed by atoms with van der Waals surface area (Å²) in [6.45, 7) is 4.24. The van der Waals surface area contributed by atoms with Crippen LogP contribution in [-0.4, -0.2) is 49.8 Å². The van der Waals surface area contributed by atoms with Gasteiger partial charge in [0.05, 0.1) is 24.3 Å². The van der Waals surface area contributed by atoms with E-state index in [0.717, 1.165) is 0 Å². The molecule has 3 rings (SSSR count). The Labute approximate surface area is 186 Å². The summed E-state index contributed by atoms with van der Waals surface area (Å²) >= 11 is 0. The molecule has 0 heterocycles. The first-order chi connectivity index (χ1) is 15.4. The quantitative estimate of drug-likeness (QED) is 0.367. The van der Waals surface area contributed by atoms with Crippen molar-refractivity contribution in [3.8, 4) is 0 Å². The van der Waals surface area contributed by atoms with Crippen LogP contribution in [0.5, 0.6) is 0 Å². The average Bonchev–Trinajstić information content (AvgIpc) is 2.76. The Morgan fingerprint density at radius 3 is 1.50 bits per heavy atom. The van der Waals surface area contributed by atoms with Gasteiger partial charge in [-0.3, -0.25) is 19.2 Å². The molecule has 0 spiro atoms. The molecule has 0 unspecified atom stereocenters. The number of nitrogens with one attached hydrogen (secondary N) is 2. The van der Waals surface area contributed by atoms with Crippen LogP contribution in [0.2, 0.25) is 0 Å². The zero-order valence-electron chi connectivity index (χ0n) is 18.2. The van der Waals surface area contributed by atoms with Gasteiger partial charge in [0.25, 0.3) is 0 Å². The molecule has 1 aliphatic carbocycles. The molecule has 168 valence electrons. The molecule has 8 nitrogen and oxygen atoms in total. The molecule has 2 N–H and O–H groups in total. The summed E-state index contributed by atoms with van der Waals surface area (Å²) in [7, 11) is 0. The fourth-order valence-corrected chi connectivity index (χ4v) is 3.56. The van der Waals surface area contributed by atoms with Crippen LogP contribution in [-0.2, 0) is 19.1 Å². The van der Waals surface area contributed by atoms with Crippen LogP contribution < -0.4 is 10.6 Å². The topological polar surface area (TPSA) is 111 Å². The predicted molar refractivity (Wildman–Crippen MR) is 119 cm³/mol. The van der Waals surface area contributed by atoms with E-state index in [1.165, 1.54) is 13.8 Å². The first-order valence-electron chi connectivity index (χ1n) is 10.5. The third kappa shape index (κ3) is 5.32. The number of hydrogen-bond acceptors (Lipinski definition) is 8. The number of anilines is 2. The molecule has 0 aromatic heterocycles. The molecule has 0 saturated carbocycles. The molecule has 0 radical (unpaired) electrons. The van der Waals surface area contributed by atoms with E-state index in [0.29, 0.717) is 59.6 Å². The number of carbonyl (C=O) groups is 4. The van der Waals surface area contributed by atoms with Crippen LogP contribution in [0.3, 0.4) is 0 Å². The largest absolute Gasteiger partial charge is 0.466 e. The van der Waals surface area contributed by atoms with E-state index >= 15 is 0 Å². The summed E-state index contributed by atoms with van der Waals surface area (Å²) in [5.74, 6) is -1.12. The van der Waals surface area contributed by atoms with Crippen molar-refractivity contribution in [2.75, 3.05) is 36.9 Å². The van der Waals surface area contributed by atoms with Gasteiger partial charge < -0.3 is 20.1 Å². The van der Waals surface area contributed by atoms with Gasteiger partial charge in [-0.1, -0.05) is 24.3 Å². The lowest BCUT2D eigenvalue weighted by Gasteiger charge is -2.23. The van der Waals surface area contributed by atoms with Gasteiger partial charge in [0.15, 0.2) is 11.6 Å². The SMILES string of the molecule is CC(=O)OCCCNc1cccc2c1C(=O)c1cccc(NCCCOC(C)=O)c1C2=O. The van der Waals surface area contributed by atoms with E-state index in [4.69, 9.17) is 9.47 Å². The highest BCUT2D eigenvalue weighted by Gasteiger charge is 2.33. The number of ether oxygens (including phenoxy) is 2. The summed E-state index contributed by atoms with van der Waals surface area (Å²) in [4.78, 5) is 48.4. The van der Waals surface area contributed by atoms with E-state index < -0.39 is 0 Å². The van der Waals surface area contributed by atoms with Gasteiger partial charge in [-0.2, -0.15) is 0 Å². The smallest absolute Gasteiger partial charge is 0.302 e. The van der Waals surface area contributed by atoms with Gasteiger partial charge in [0, 0.05) is 49.4 Å². The maximum absolute atomic E-state index is 13.3. The Balaban J connectivity index is 1.76. The highest BCUT2D eigenvalue weighted by atomic mass is 16.5. The van der Waals surface area contributed by atoms with Crippen molar-refractivity contribution in [3.63, 3.8) is 0 Å². The zero-order valence-corrected chi connectivity index (χ0v) is 18.2. The Morgan fingerprint density at radius 1 is 0.719 bits per heavy atom. The van der Waals surface area contributed by atoms with E-state index in [1.54, 1.807) is 36.4 Å². The molecule has 0 atom stereocenters. The Hall–Kier alpha value is -3.68. The molecule has 0 aliphatic heterocycles. The number of benzene rings is 2. The molecule has 1 aliphatic rings. The molecular formula is C24H26N2O6. The number of ketones is 2. The molecule has 0 bridgehead atoms. The lowest BCUT2D eigenvalue weighted by molar-refractivity contribution is -0.141. The summed E-state index contributed by atoms with van der Waals surface area (Å²) in [6, 6.07) is 10.3. The third-order valence-corrected chi connectivity index (χ3v) is 4.96. The summed E-state index contributed by atoms with van der Waals surface area (Å²) in [5, 5.41) is 6.36. The normalized spacial score (nSPS) is 11.9. The number of hydrogen-bond donors (Lipinski definition) is 2. The molecule has 0 saturated heterocycles. The van der Waals surface area contributed by atoms with Crippen molar-refractivity contribution < 1.29 is 28.7 Å². The lowest BCUT2D eigenvalue weighted by Crippen LogP contribution is -2.24. The summed E-state index contributed by atoms with van der Waals surface area (Å²) in [5.41, 5.74) is 2.56. The predicted octanol–water partition coefficient (Wildman–Crippen LogP) is 3.19. The van der Waals surface area contributed by atoms with Gasteiger partial charge >= 0.3 is 11.9 Å². The summed E-state index contributed by atoms with van der Waals surface area (Å²) in [6.07, 6.45) is 1.15. The Kier molecular flexibility index (Phi) is 7.59. The van der Waals surface area contributed by atoms with Gasteiger partial charge in [0.1, 0.15) is 0 Å². The van der Waals surface area contributed by atoms with Crippen LogP contribution in [0.25, 0.3) is 0 Å². The van der Waals surface area contributed by atoms with E-state index in [9.17, 15) is 19.2 Å². The third-order valence-electron chi connectivity index (χ3n) is 4.96. The molecule has 8 heteroatoms. The highest BCUT2D eigenvalue weighted by molar-refractivity contribution is 6.31. The lowest BCUT2D eigenvalue weighted by atomic mass is 9.82. The van der Waals surface area contributed by atoms with Crippen molar-refractivity contribution in [1.29, 1.82) is 0 Å². The first-order valence-corrected chi connectivity index (χ1v) is 10.5. The minimum atomic E-state index is -0.338. The molecule has 2 aromatic carbocycles. The molecule has 2 aromatic rings. The van der Waals surface area contributed by atoms with Gasteiger partial charge in [0.2, 0.25) is 0 Å². The van der Waals surface area contributed by atoms with Crippen LogP contribution in [0.4, 0.5) is 11.4 Å². The minimum absolute atomic E-state index is 0.221. The van der Waals surface area contributed by atoms with Crippen molar-refractivity contribution in [1.82, 2.24) is 0 Å². The van der Waals surface area contributed by atoms with Crippen LogP contribution in [0.15, 0.2) is 36.4 Å². The van der Waals surface area contributed by atoms with E-state index in [-0.39, 0.29) is 36.7 Å². The molecule has 0 fully saturated rings. The fraction of sp³-hybridized carbons (Fsp3) is 0.333. The number of esters is 2. The maximum atomic E-state index is 13.3. The standard InChI is InChI=1S/C24H26N2O6/c1-15(27)31-13-5-11-25-19-9-3-7-17-21(19)23(29)18-8-4-10-20(22(18)24(17)30)26-12-6-14-32-16(2)28/h3-4,7-10,25-26H,5-6,11-14H2,1-2H3. The second-order valence-electron chi connectivity index (χ2n) is 7.36. The number of rotatable bonds is 10. The van der Waals surface area contributed by atoms with E-state index in [2.05, 4.69) is 10.6 Å². The summed E-state index contributed by atoms with van der Waals surface area (Å²) < 4.78 is 9.84. The Morgan fingerprint density at radius 2 is 1.12 bits per heavy atom. The molecular weight excluding hydrogens is 412 g/mol. The van der Waals surface area contributed by atoms with Crippen LogP contribution in [0, 0.1) is 0 Å². The first kappa shape index (κ1) is 23.0. The van der Waals surface area contributed by atoms with Crippen molar-refractivity contribution in [2.45, 2.75) is 26.7 Å². The zero-order chi connectivity index (χ0) is 23.1. The van der Waals surface area contributed by atoms with Crippen molar-refractivity contribution in [2.24, 2.45) is 0 Å². The Bertz CT molecular complexity index is 963. The van der Waals surface area contributed by atoms with Crippen molar-refractivity contribution >= 4 is 34.9 Å². The molecule has 32 heavy (non-hydrogen) atoms.